The fourth-order valence-corrected chi connectivity index (χ4v) is 2.49. The molecule has 0 amide bonds. The lowest BCUT2D eigenvalue weighted by Gasteiger charge is -2.08. The maximum Gasteiger partial charge on any atom is 0.282 e. The largest absolute Gasteiger partial charge is 0.497 e. The SMILES string of the molecule is CCCc1nc2ccccc2c(=O)n1/N=C/c1ccc(OC)cc1. The monoisotopic (exact) mass is 321 g/mol. The summed E-state index contributed by atoms with van der Waals surface area (Å²) >= 11 is 0. The molecule has 5 nitrogen and oxygen atoms in total. The minimum Gasteiger partial charge on any atom is -0.497 e. The number of hydrogen-bond donors (Lipinski definition) is 0. The van der Waals surface area contributed by atoms with E-state index in [1.807, 2.05) is 42.5 Å². The van der Waals surface area contributed by atoms with E-state index in [1.54, 1.807) is 19.4 Å². The third-order valence-electron chi connectivity index (χ3n) is 3.73. The lowest BCUT2D eigenvalue weighted by atomic mass is 10.2. The fraction of sp³-hybridized carbons (Fsp3) is 0.211. The Balaban J connectivity index is 2.06. The second-order valence-electron chi connectivity index (χ2n) is 5.43. The molecule has 3 rings (SSSR count). The van der Waals surface area contributed by atoms with Crippen LogP contribution in [0.2, 0.25) is 0 Å². The van der Waals surface area contributed by atoms with Crippen LogP contribution in [0.1, 0.15) is 24.7 Å². The Bertz CT molecular complexity index is 927. The number of hydrogen-bond acceptors (Lipinski definition) is 4. The van der Waals surface area contributed by atoms with Crippen LogP contribution < -0.4 is 10.3 Å². The number of benzene rings is 2. The van der Waals surface area contributed by atoms with Crippen molar-refractivity contribution in [2.45, 2.75) is 19.8 Å². The van der Waals surface area contributed by atoms with Crippen molar-refractivity contribution >= 4 is 17.1 Å². The predicted octanol–water partition coefficient (Wildman–Crippen LogP) is 3.24. The number of nitrogens with zero attached hydrogens (tertiary/aromatic N) is 3. The van der Waals surface area contributed by atoms with Crippen LogP contribution in [0.15, 0.2) is 58.4 Å². The van der Waals surface area contributed by atoms with Crippen LogP contribution in [0.25, 0.3) is 10.9 Å². The summed E-state index contributed by atoms with van der Waals surface area (Å²) in [6.45, 7) is 2.05. The first kappa shape index (κ1) is 15.9. The van der Waals surface area contributed by atoms with Gasteiger partial charge in [-0.05, 0) is 48.4 Å². The smallest absolute Gasteiger partial charge is 0.282 e. The van der Waals surface area contributed by atoms with E-state index in [1.165, 1.54) is 4.68 Å². The van der Waals surface area contributed by atoms with Crippen LogP contribution in [0.3, 0.4) is 0 Å². The number of fused-ring (bicyclic) bond motifs is 1. The van der Waals surface area contributed by atoms with Gasteiger partial charge in [-0.3, -0.25) is 4.79 Å². The van der Waals surface area contributed by atoms with Crippen molar-refractivity contribution in [2.24, 2.45) is 5.10 Å². The van der Waals surface area contributed by atoms with Crippen molar-refractivity contribution in [1.82, 2.24) is 9.66 Å². The summed E-state index contributed by atoms with van der Waals surface area (Å²) in [6, 6.07) is 14.8. The molecule has 0 radical (unpaired) electrons. The summed E-state index contributed by atoms with van der Waals surface area (Å²) in [5.74, 6) is 1.45. The molecule has 0 aliphatic rings. The molecular weight excluding hydrogens is 302 g/mol. The summed E-state index contributed by atoms with van der Waals surface area (Å²) < 4.78 is 6.54. The molecule has 0 N–H and O–H groups in total. The molecule has 0 saturated carbocycles. The Hall–Kier alpha value is -2.95. The third-order valence-corrected chi connectivity index (χ3v) is 3.73. The van der Waals surface area contributed by atoms with Crippen LogP contribution in [-0.2, 0) is 6.42 Å². The Kier molecular flexibility index (Phi) is 4.70. The van der Waals surface area contributed by atoms with Gasteiger partial charge in [0, 0.05) is 6.42 Å². The highest BCUT2D eigenvalue weighted by molar-refractivity contribution is 5.80. The van der Waals surface area contributed by atoms with Crippen LogP contribution in [0.5, 0.6) is 5.75 Å². The molecule has 24 heavy (non-hydrogen) atoms. The minimum absolute atomic E-state index is 0.145. The first-order chi connectivity index (χ1) is 11.7. The van der Waals surface area contributed by atoms with Gasteiger partial charge < -0.3 is 4.74 Å². The fourth-order valence-electron chi connectivity index (χ4n) is 2.49. The van der Waals surface area contributed by atoms with Gasteiger partial charge in [-0.2, -0.15) is 9.78 Å². The number of para-hydroxylation sites is 1. The van der Waals surface area contributed by atoms with E-state index in [0.29, 0.717) is 23.1 Å². The van der Waals surface area contributed by atoms with E-state index in [-0.39, 0.29) is 5.56 Å². The highest BCUT2D eigenvalue weighted by Crippen LogP contribution is 2.11. The quantitative estimate of drug-likeness (QED) is 0.678. The van der Waals surface area contributed by atoms with Gasteiger partial charge in [0.1, 0.15) is 11.6 Å². The van der Waals surface area contributed by atoms with E-state index in [9.17, 15) is 4.79 Å². The molecule has 3 aromatic rings. The maximum atomic E-state index is 12.7. The van der Waals surface area contributed by atoms with Crippen LogP contribution >= 0.6 is 0 Å². The zero-order chi connectivity index (χ0) is 16.9. The minimum atomic E-state index is -0.145. The number of rotatable bonds is 5. The van der Waals surface area contributed by atoms with E-state index >= 15 is 0 Å². The predicted molar refractivity (Wildman–Crippen MR) is 96.0 cm³/mol. The van der Waals surface area contributed by atoms with Crippen molar-refractivity contribution in [2.75, 3.05) is 7.11 Å². The van der Waals surface area contributed by atoms with E-state index in [4.69, 9.17) is 4.74 Å². The summed E-state index contributed by atoms with van der Waals surface area (Å²) in [6.07, 6.45) is 3.25. The molecule has 5 heteroatoms. The molecule has 0 aliphatic carbocycles. The van der Waals surface area contributed by atoms with Gasteiger partial charge in [0.25, 0.3) is 5.56 Å². The second kappa shape index (κ2) is 7.08. The van der Waals surface area contributed by atoms with Crippen LogP contribution in [0, 0.1) is 0 Å². The third kappa shape index (κ3) is 3.20. The van der Waals surface area contributed by atoms with Gasteiger partial charge in [-0.15, -0.1) is 0 Å². The lowest BCUT2D eigenvalue weighted by Crippen LogP contribution is -2.22. The average Bonchev–Trinajstić information content (AvgIpc) is 2.62. The number of methoxy groups -OCH3 is 1. The van der Waals surface area contributed by atoms with Gasteiger partial charge in [0.15, 0.2) is 0 Å². The van der Waals surface area contributed by atoms with Crippen molar-refractivity contribution in [1.29, 1.82) is 0 Å². The van der Waals surface area contributed by atoms with Crippen molar-refractivity contribution in [3.63, 3.8) is 0 Å². The molecule has 0 bridgehead atoms. The number of aromatic nitrogens is 2. The topological polar surface area (TPSA) is 56.5 Å². The molecule has 0 fully saturated rings. The zero-order valence-electron chi connectivity index (χ0n) is 13.8. The highest BCUT2D eigenvalue weighted by Gasteiger charge is 2.09. The molecule has 0 aliphatic heterocycles. The molecule has 0 saturated heterocycles. The van der Waals surface area contributed by atoms with Crippen molar-refractivity contribution < 1.29 is 4.74 Å². The zero-order valence-corrected chi connectivity index (χ0v) is 13.8. The first-order valence-corrected chi connectivity index (χ1v) is 7.92. The average molecular weight is 321 g/mol. The maximum absolute atomic E-state index is 12.7. The van der Waals surface area contributed by atoms with Crippen molar-refractivity contribution in [3.05, 3.63) is 70.3 Å². The Morgan fingerprint density at radius 2 is 1.92 bits per heavy atom. The summed E-state index contributed by atoms with van der Waals surface area (Å²) in [5.41, 5.74) is 1.45. The van der Waals surface area contributed by atoms with Gasteiger partial charge in [-0.25, -0.2) is 4.98 Å². The van der Waals surface area contributed by atoms with Crippen molar-refractivity contribution in [3.8, 4) is 5.75 Å². The second-order valence-corrected chi connectivity index (χ2v) is 5.43. The van der Waals surface area contributed by atoms with E-state index < -0.39 is 0 Å². The van der Waals surface area contributed by atoms with Gasteiger partial charge in [0.05, 0.1) is 24.2 Å². The summed E-state index contributed by atoms with van der Waals surface area (Å²) in [5, 5.41) is 4.95. The van der Waals surface area contributed by atoms with E-state index in [2.05, 4.69) is 17.0 Å². The number of aryl methyl sites for hydroxylation is 1. The van der Waals surface area contributed by atoms with Gasteiger partial charge in [0.2, 0.25) is 0 Å². The molecule has 0 spiro atoms. The normalized spacial score (nSPS) is 11.2. The van der Waals surface area contributed by atoms with Gasteiger partial charge >= 0.3 is 0 Å². The molecular formula is C19H19N3O2. The standard InChI is InChI=1S/C19H19N3O2/c1-3-6-18-21-17-8-5-4-7-16(17)19(23)22(18)20-13-14-9-11-15(24-2)12-10-14/h4-5,7-13H,3,6H2,1-2H3/b20-13+. The molecule has 0 unspecified atom stereocenters. The van der Waals surface area contributed by atoms with Crippen LogP contribution in [0.4, 0.5) is 0 Å². The molecule has 122 valence electrons. The van der Waals surface area contributed by atoms with Gasteiger partial charge in [-0.1, -0.05) is 19.1 Å². The highest BCUT2D eigenvalue weighted by atomic mass is 16.5. The van der Waals surface area contributed by atoms with E-state index in [0.717, 1.165) is 17.7 Å². The summed E-state index contributed by atoms with van der Waals surface area (Å²) in [7, 11) is 1.63. The van der Waals surface area contributed by atoms with Crippen LogP contribution in [-0.4, -0.2) is 23.0 Å². The molecule has 1 aromatic heterocycles. The Morgan fingerprint density at radius 1 is 1.17 bits per heavy atom. The molecule has 0 atom stereocenters. The molecule has 1 heterocycles. The first-order valence-electron chi connectivity index (χ1n) is 7.92. The summed E-state index contributed by atoms with van der Waals surface area (Å²) in [4.78, 5) is 17.3. The Morgan fingerprint density at radius 3 is 2.62 bits per heavy atom. The lowest BCUT2D eigenvalue weighted by molar-refractivity contribution is 0.415. The molecule has 2 aromatic carbocycles. The number of ether oxygens (including phenoxy) is 1. The Labute approximate surface area is 140 Å².